The van der Waals surface area contributed by atoms with Crippen molar-refractivity contribution in [2.45, 2.75) is 44.2 Å². The summed E-state index contributed by atoms with van der Waals surface area (Å²) in [6.07, 6.45) is -0.437. The van der Waals surface area contributed by atoms with E-state index in [0.717, 1.165) is 17.1 Å². The Morgan fingerprint density at radius 1 is 1.13 bits per heavy atom. The van der Waals surface area contributed by atoms with E-state index in [-0.39, 0.29) is 24.7 Å². The number of benzene rings is 1. The third-order valence-corrected chi connectivity index (χ3v) is 8.14. The number of rotatable bonds is 10. The Labute approximate surface area is 227 Å². The molecule has 1 amide bonds. The predicted molar refractivity (Wildman–Crippen MR) is 141 cm³/mol. The number of amides is 1. The molecule has 0 saturated carbocycles. The number of carbonyl (C=O) groups is 1. The Balaban J connectivity index is 1.26. The number of ether oxygens (including phenoxy) is 4. The molecule has 0 spiro atoms. The topological polar surface area (TPSA) is 134 Å². The molecule has 1 aromatic heterocycles. The number of anilines is 1. The van der Waals surface area contributed by atoms with Crippen LogP contribution in [0.4, 0.5) is 5.82 Å². The number of aliphatic hydroxyl groups excluding tert-OH is 3. The highest BCUT2D eigenvalue weighted by Crippen LogP contribution is 2.47. The number of likely N-dealkylation sites (tertiary alicyclic amines) is 1. The van der Waals surface area contributed by atoms with Crippen LogP contribution >= 0.6 is 0 Å². The van der Waals surface area contributed by atoms with Crippen LogP contribution in [-0.2, 0) is 9.53 Å². The van der Waals surface area contributed by atoms with Crippen LogP contribution in [-0.4, -0.2) is 109 Å². The third kappa shape index (κ3) is 5.49. The van der Waals surface area contributed by atoms with E-state index in [1.165, 1.54) is 4.90 Å². The minimum absolute atomic E-state index is 0.0662. The molecule has 3 fully saturated rings. The van der Waals surface area contributed by atoms with Gasteiger partial charge in [0.25, 0.3) is 5.91 Å². The Hall–Kier alpha value is -3.12. The van der Waals surface area contributed by atoms with Crippen molar-refractivity contribution in [2.75, 3.05) is 58.0 Å². The summed E-state index contributed by atoms with van der Waals surface area (Å²) in [5.41, 5.74) is 0.241. The van der Waals surface area contributed by atoms with Gasteiger partial charge in [0.15, 0.2) is 17.6 Å². The standard InChI is InChI=1S/C28H37N3O8/c1-17(33)28(2)16-31(27(35)23(34)13-32)12-22(28)18-4-6-24(36-3)25(8-18)39-20-10-30(11-20)26-7-5-19(9-29-26)38-21-14-37-15-21/h4-9,17,20-23,32-34H,10-16H2,1-3H3/t17-,22+,23+,28+/m1/s1. The first-order valence-electron chi connectivity index (χ1n) is 13.3. The number of aliphatic hydroxyl groups is 3. The quantitative estimate of drug-likeness (QED) is 0.395. The van der Waals surface area contributed by atoms with Crippen LogP contribution in [0.15, 0.2) is 36.5 Å². The van der Waals surface area contributed by atoms with Crippen LogP contribution in [0.5, 0.6) is 17.2 Å². The van der Waals surface area contributed by atoms with Gasteiger partial charge < -0.3 is 44.1 Å². The molecule has 4 atom stereocenters. The van der Waals surface area contributed by atoms with Crippen molar-refractivity contribution in [1.29, 1.82) is 0 Å². The summed E-state index contributed by atoms with van der Waals surface area (Å²) < 4.78 is 22.8. The van der Waals surface area contributed by atoms with Gasteiger partial charge in [-0.15, -0.1) is 0 Å². The van der Waals surface area contributed by atoms with E-state index in [4.69, 9.17) is 18.9 Å². The van der Waals surface area contributed by atoms with Crippen molar-refractivity contribution in [1.82, 2.24) is 9.88 Å². The van der Waals surface area contributed by atoms with Crippen molar-refractivity contribution in [3.05, 3.63) is 42.1 Å². The van der Waals surface area contributed by atoms with Gasteiger partial charge in [-0.05, 0) is 36.8 Å². The predicted octanol–water partition coefficient (Wildman–Crippen LogP) is 0.801. The lowest BCUT2D eigenvalue weighted by Crippen LogP contribution is -2.54. The van der Waals surface area contributed by atoms with Gasteiger partial charge in [-0.1, -0.05) is 13.0 Å². The Morgan fingerprint density at radius 3 is 2.49 bits per heavy atom. The molecule has 3 saturated heterocycles. The van der Waals surface area contributed by atoms with Gasteiger partial charge in [-0.3, -0.25) is 4.79 Å². The number of pyridine rings is 1. The average Bonchev–Trinajstić information content (AvgIpc) is 3.26. The first kappa shape index (κ1) is 27.4. The summed E-state index contributed by atoms with van der Waals surface area (Å²) in [6.45, 7) is 6.10. The van der Waals surface area contributed by atoms with E-state index in [2.05, 4.69) is 9.88 Å². The number of hydrogen-bond donors (Lipinski definition) is 3. The lowest BCUT2D eigenvalue weighted by molar-refractivity contribution is -0.141. The van der Waals surface area contributed by atoms with Gasteiger partial charge in [0.05, 0.1) is 52.3 Å². The molecule has 3 aliphatic rings. The highest BCUT2D eigenvalue weighted by molar-refractivity contribution is 5.81. The van der Waals surface area contributed by atoms with Crippen molar-refractivity contribution in [3.63, 3.8) is 0 Å². The van der Waals surface area contributed by atoms with Gasteiger partial charge in [-0.2, -0.15) is 0 Å². The average molecular weight is 544 g/mol. The fraction of sp³-hybridized carbons (Fsp3) is 0.571. The zero-order valence-electron chi connectivity index (χ0n) is 22.5. The molecular weight excluding hydrogens is 506 g/mol. The van der Waals surface area contributed by atoms with E-state index in [1.54, 1.807) is 20.2 Å². The molecule has 212 valence electrons. The number of hydrogen-bond acceptors (Lipinski definition) is 10. The number of methoxy groups -OCH3 is 1. The lowest BCUT2D eigenvalue weighted by Gasteiger charge is -2.40. The van der Waals surface area contributed by atoms with Crippen LogP contribution < -0.4 is 19.1 Å². The third-order valence-electron chi connectivity index (χ3n) is 8.14. The molecule has 0 aliphatic carbocycles. The Morgan fingerprint density at radius 2 is 1.90 bits per heavy atom. The molecule has 5 rings (SSSR count). The van der Waals surface area contributed by atoms with Crippen LogP contribution in [0.25, 0.3) is 0 Å². The van der Waals surface area contributed by atoms with Crippen molar-refractivity contribution in [3.8, 4) is 17.2 Å². The molecule has 0 radical (unpaired) electrons. The van der Waals surface area contributed by atoms with Crippen LogP contribution in [0.1, 0.15) is 25.3 Å². The van der Waals surface area contributed by atoms with Crippen LogP contribution in [0, 0.1) is 5.41 Å². The molecule has 3 aliphatic heterocycles. The summed E-state index contributed by atoms with van der Waals surface area (Å²) in [7, 11) is 1.59. The summed E-state index contributed by atoms with van der Waals surface area (Å²) in [6, 6.07) is 9.52. The van der Waals surface area contributed by atoms with Gasteiger partial charge in [-0.25, -0.2) is 4.98 Å². The Kier molecular flexibility index (Phi) is 7.86. The number of nitrogens with zero attached hydrogens (tertiary/aromatic N) is 3. The fourth-order valence-electron chi connectivity index (χ4n) is 5.37. The van der Waals surface area contributed by atoms with Crippen LogP contribution in [0.3, 0.4) is 0 Å². The van der Waals surface area contributed by atoms with Gasteiger partial charge >= 0.3 is 0 Å². The molecule has 2 aromatic rings. The lowest BCUT2D eigenvalue weighted by atomic mass is 9.72. The monoisotopic (exact) mass is 543 g/mol. The fourth-order valence-corrected chi connectivity index (χ4v) is 5.37. The minimum atomic E-state index is -1.48. The van der Waals surface area contributed by atoms with E-state index >= 15 is 0 Å². The smallest absolute Gasteiger partial charge is 0.253 e. The molecule has 39 heavy (non-hydrogen) atoms. The maximum Gasteiger partial charge on any atom is 0.253 e. The van der Waals surface area contributed by atoms with E-state index in [1.807, 2.05) is 37.3 Å². The summed E-state index contributed by atoms with van der Waals surface area (Å²) in [4.78, 5) is 20.8. The molecule has 4 heterocycles. The molecule has 3 N–H and O–H groups in total. The second kappa shape index (κ2) is 11.2. The van der Waals surface area contributed by atoms with E-state index in [9.17, 15) is 20.1 Å². The molecule has 11 heteroatoms. The minimum Gasteiger partial charge on any atom is -0.493 e. The van der Waals surface area contributed by atoms with Crippen LogP contribution in [0.2, 0.25) is 0 Å². The van der Waals surface area contributed by atoms with Gasteiger partial charge in [0.2, 0.25) is 0 Å². The van der Waals surface area contributed by atoms with Crippen molar-refractivity contribution < 1.29 is 39.1 Å². The first-order chi connectivity index (χ1) is 18.7. The van der Waals surface area contributed by atoms with E-state index < -0.39 is 30.1 Å². The number of carbonyl (C=O) groups excluding carboxylic acids is 1. The highest BCUT2D eigenvalue weighted by atomic mass is 16.6. The maximum absolute atomic E-state index is 12.6. The van der Waals surface area contributed by atoms with Gasteiger partial charge in [0.1, 0.15) is 23.8 Å². The SMILES string of the molecule is COc1ccc([C@@H]2CN(C(=O)[C@@H](O)CO)C[C@@]2(C)[C@@H](C)O)cc1OC1CN(c2ccc(OC3COC3)cn2)C1. The van der Waals surface area contributed by atoms with Crippen molar-refractivity contribution >= 4 is 11.7 Å². The zero-order valence-corrected chi connectivity index (χ0v) is 22.5. The number of aromatic nitrogens is 1. The molecule has 1 aromatic carbocycles. The molecule has 11 nitrogen and oxygen atoms in total. The zero-order chi connectivity index (χ0) is 27.7. The second-order valence-electron chi connectivity index (χ2n) is 10.8. The van der Waals surface area contributed by atoms with Gasteiger partial charge in [0, 0.05) is 24.4 Å². The normalized spacial score (nSPS) is 25.0. The molecule has 0 unspecified atom stereocenters. The Bertz CT molecular complexity index is 1150. The molecule has 0 bridgehead atoms. The van der Waals surface area contributed by atoms with Crippen molar-refractivity contribution in [2.24, 2.45) is 5.41 Å². The largest absolute Gasteiger partial charge is 0.493 e. The first-order valence-corrected chi connectivity index (χ1v) is 13.3. The highest BCUT2D eigenvalue weighted by Gasteiger charge is 2.49. The maximum atomic E-state index is 12.6. The molecular formula is C28H37N3O8. The second-order valence-corrected chi connectivity index (χ2v) is 10.8. The summed E-state index contributed by atoms with van der Waals surface area (Å²) in [5, 5.41) is 29.8. The summed E-state index contributed by atoms with van der Waals surface area (Å²) in [5.74, 6) is 2.00. The summed E-state index contributed by atoms with van der Waals surface area (Å²) >= 11 is 0. The van der Waals surface area contributed by atoms with E-state index in [0.29, 0.717) is 44.3 Å².